The van der Waals surface area contributed by atoms with Crippen LogP contribution in [-0.2, 0) is 25.4 Å². The summed E-state index contributed by atoms with van der Waals surface area (Å²) in [7, 11) is 8.27. The fourth-order valence-electron chi connectivity index (χ4n) is 10.3. The SMILES string of the molecule is CN(CCCCC1COC(C)(C)OC1)CCCSSCCCN(C)CCOc1ccc2c(c1)CC[C@@H]1[C@@H]2CC[C@]2(C)[C@@H](OCCCOC(C(F)(F)F)(C(F)(F)F)C(F)(F)F)CC[C@@H]12. The summed E-state index contributed by atoms with van der Waals surface area (Å²) in [6.45, 7) is 10.6. The molecule has 1 saturated heterocycles. The Morgan fingerprint density at radius 2 is 1.33 bits per heavy atom. The summed E-state index contributed by atoms with van der Waals surface area (Å²) in [5.41, 5.74) is -3.88. The van der Waals surface area contributed by atoms with Crippen LogP contribution in [0.15, 0.2) is 18.2 Å². The third-order valence-corrected chi connectivity index (χ3v) is 16.4. The van der Waals surface area contributed by atoms with Crippen molar-refractivity contribution in [2.24, 2.45) is 23.2 Å². The van der Waals surface area contributed by atoms with Gasteiger partial charge in [0.2, 0.25) is 0 Å². The van der Waals surface area contributed by atoms with Crippen LogP contribution in [0.25, 0.3) is 0 Å². The first-order valence-electron chi connectivity index (χ1n) is 22.7. The van der Waals surface area contributed by atoms with Gasteiger partial charge in [0.15, 0.2) is 5.79 Å². The van der Waals surface area contributed by atoms with Crippen LogP contribution in [0.5, 0.6) is 5.75 Å². The molecule has 2 saturated carbocycles. The number of halogens is 9. The number of rotatable bonds is 24. The first-order valence-corrected chi connectivity index (χ1v) is 25.2. The van der Waals surface area contributed by atoms with E-state index in [4.69, 9.17) is 18.9 Å². The van der Waals surface area contributed by atoms with Gasteiger partial charge in [-0.1, -0.05) is 41.0 Å². The summed E-state index contributed by atoms with van der Waals surface area (Å²) in [6, 6.07) is 6.42. The van der Waals surface area contributed by atoms with Crippen LogP contribution >= 0.6 is 21.6 Å². The Labute approximate surface area is 376 Å². The van der Waals surface area contributed by atoms with E-state index in [1.54, 1.807) is 0 Å². The van der Waals surface area contributed by atoms with E-state index in [2.05, 4.69) is 53.8 Å². The van der Waals surface area contributed by atoms with Crippen LogP contribution in [0.1, 0.15) is 108 Å². The zero-order valence-corrected chi connectivity index (χ0v) is 39.2. The van der Waals surface area contributed by atoms with Gasteiger partial charge in [-0.2, -0.15) is 39.5 Å². The number of aryl methyl sites for hydroxylation is 1. The van der Waals surface area contributed by atoms with Crippen LogP contribution in [0.3, 0.4) is 0 Å². The highest BCUT2D eigenvalue weighted by Gasteiger charge is 2.85. The predicted octanol–water partition coefficient (Wildman–Crippen LogP) is 11.7. The first-order chi connectivity index (χ1) is 29.6. The third kappa shape index (κ3) is 13.7. The Morgan fingerprint density at radius 3 is 1.97 bits per heavy atom. The Balaban J connectivity index is 0.928. The van der Waals surface area contributed by atoms with Crippen molar-refractivity contribution in [1.82, 2.24) is 9.80 Å². The van der Waals surface area contributed by atoms with Crippen LogP contribution < -0.4 is 4.74 Å². The highest BCUT2D eigenvalue weighted by atomic mass is 33.1. The summed E-state index contributed by atoms with van der Waals surface area (Å²) in [5.74, 6) is 4.29. The molecular formula is C45H69F9N2O5S2. The second-order valence-electron chi connectivity index (χ2n) is 18.8. The third-order valence-electron chi connectivity index (χ3n) is 13.8. The number of likely N-dealkylation sites (N-methyl/N-ethyl adjacent to an activating group) is 1. The number of hydrogen-bond acceptors (Lipinski definition) is 9. The molecule has 4 aliphatic rings. The van der Waals surface area contributed by atoms with Crippen molar-refractivity contribution in [2.45, 2.75) is 140 Å². The van der Waals surface area contributed by atoms with E-state index in [9.17, 15) is 39.5 Å². The molecule has 1 aromatic carbocycles. The fourth-order valence-corrected chi connectivity index (χ4v) is 12.4. The predicted molar refractivity (Wildman–Crippen MR) is 230 cm³/mol. The zero-order valence-electron chi connectivity index (χ0n) is 37.5. The highest BCUT2D eigenvalue weighted by Crippen LogP contribution is 2.62. The number of alkyl halides is 9. The molecule has 63 heavy (non-hydrogen) atoms. The van der Waals surface area contributed by atoms with Crippen molar-refractivity contribution in [3.63, 3.8) is 0 Å². The maximum absolute atomic E-state index is 13.2. The van der Waals surface area contributed by atoms with Gasteiger partial charge in [-0.3, -0.25) is 0 Å². The van der Waals surface area contributed by atoms with E-state index < -0.39 is 42.9 Å². The van der Waals surface area contributed by atoms with E-state index in [-0.39, 0.29) is 18.1 Å². The van der Waals surface area contributed by atoms with Crippen molar-refractivity contribution < 1.29 is 63.2 Å². The molecule has 3 aliphatic carbocycles. The van der Waals surface area contributed by atoms with E-state index in [1.165, 1.54) is 30.4 Å². The second-order valence-corrected chi connectivity index (χ2v) is 21.5. The van der Waals surface area contributed by atoms with E-state index in [0.717, 1.165) is 102 Å². The molecule has 1 aromatic rings. The monoisotopic (exact) mass is 952 g/mol. The minimum Gasteiger partial charge on any atom is -0.492 e. The zero-order chi connectivity index (χ0) is 46.1. The molecule has 5 rings (SSSR count). The lowest BCUT2D eigenvalue weighted by atomic mass is 9.55. The summed E-state index contributed by atoms with van der Waals surface area (Å²) < 4.78 is 146. The summed E-state index contributed by atoms with van der Waals surface area (Å²) in [5, 5.41) is 0. The Morgan fingerprint density at radius 1 is 0.714 bits per heavy atom. The number of fused-ring (bicyclic) bond motifs is 5. The largest absolute Gasteiger partial charge is 0.492 e. The minimum absolute atomic E-state index is 0.253. The molecule has 0 spiro atoms. The number of hydrogen-bond donors (Lipinski definition) is 0. The van der Waals surface area contributed by atoms with Crippen molar-refractivity contribution >= 4 is 21.6 Å². The molecule has 0 aromatic heterocycles. The molecule has 1 aliphatic heterocycles. The lowest BCUT2D eigenvalue weighted by Gasteiger charge is -2.50. The molecule has 0 amide bonds. The average molecular weight is 953 g/mol. The van der Waals surface area contributed by atoms with Crippen molar-refractivity contribution in [2.75, 3.05) is 84.8 Å². The smallest absolute Gasteiger partial charge is 0.435 e. The second kappa shape index (κ2) is 22.8. The van der Waals surface area contributed by atoms with E-state index in [0.29, 0.717) is 36.7 Å². The molecule has 18 heteroatoms. The van der Waals surface area contributed by atoms with Crippen molar-refractivity contribution in [3.05, 3.63) is 29.3 Å². The number of unbranched alkanes of at least 4 members (excludes halogenated alkanes) is 1. The lowest BCUT2D eigenvalue weighted by Crippen LogP contribution is -2.67. The maximum Gasteiger partial charge on any atom is 0.435 e. The highest BCUT2D eigenvalue weighted by molar-refractivity contribution is 8.76. The van der Waals surface area contributed by atoms with Gasteiger partial charge >= 0.3 is 24.1 Å². The minimum atomic E-state index is -6.74. The molecule has 5 atom stereocenters. The van der Waals surface area contributed by atoms with Gasteiger partial charge in [-0.15, -0.1) is 0 Å². The quantitative estimate of drug-likeness (QED) is 0.0573. The normalized spacial score (nSPS) is 25.7. The van der Waals surface area contributed by atoms with Crippen LogP contribution in [0, 0.1) is 23.2 Å². The molecule has 0 radical (unpaired) electrons. The summed E-state index contributed by atoms with van der Waals surface area (Å²) >= 11 is 0. The van der Waals surface area contributed by atoms with Gasteiger partial charge in [0, 0.05) is 30.6 Å². The lowest BCUT2D eigenvalue weighted by molar-refractivity contribution is -0.457. The summed E-state index contributed by atoms with van der Waals surface area (Å²) in [6.07, 6.45) is -10.0. The Kier molecular flexibility index (Phi) is 19.1. The van der Waals surface area contributed by atoms with Gasteiger partial charge < -0.3 is 33.5 Å². The number of ether oxygens (including phenoxy) is 5. The fraction of sp³-hybridized carbons (Fsp3) is 0.867. The molecule has 0 unspecified atom stereocenters. The van der Waals surface area contributed by atoms with Crippen LogP contribution in [0.4, 0.5) is 39.5 Å². The number of benzene rings is 1. The Hall–Kier alpha value is -1.15. The van der Waals surface area contributed by atoms with Gasteiger partial charge in [-0.25, -0.2) is 0 Å². The first kappa shape index (κ1) is 52.8. The molecule has 364 valence electrons. The molecule has 1 heterocycles. The van der Waals surface area contributed by atoms with Gasteiger partial charge in [0.25, 0.3) is 0 Å². The van der Waals surface area contributed by atoms with Gasteiger partial charge in [0.05, 0.1) is 25.9 Å². The average Bonchev–Trinajstić information content (AvgIpc) is 3.53. The topological polar surface area (TPSA) is 52.6 Å². The molecular weight excluding hydrogens is 884 g/mol. The van der Waals surface area contributed by atoms with E-state index in [1.807, 2.05) is 35.4 Å². The van der Waals surface area contributed by atoms with Crippen molar-refractivity contribution in [3.8, 4) is 5.75 Å². The summed E-state index contributed by atoms with van der Waals surface area (Å²) in [4.78, 5) is 4.75. The van der Waals surface area contributed by atoms with Crippen molar-refractivity contribution in [1.29, 1.82) is 0 Å². The standard InChI is InChI=1S/C45H69F9N2O5S2/c1-40(2)60-30-32(31-61-40)11-6-7-20-55(4)21-8-27-62-63-28-9-22-56(5)23-26-57-34-13-15-35-33(29-34)12-14-37-36(35)18-19-41(3)38(37)16-17-39(41)58-24-10-25-59-42(43(46,47)48,44(49,50)51)45(52,53)54/h13,15,29,32,36-39H,6-12,14,16-28,30-31H2,1-5H3/t36-,37-,38+,39+,41+/m1/s1. The van der Waals surface area contributed by atoms with Gasteiger partial charge in [-0.05, 0) is 165 Å². The molecule has 3 fully saturated rings. The molecule has 7 nitrogen and oxygen atoms in total. The maximum atomic E-state index is 13.2. The Bertz CT molecular complexity index is 1510. The molecule has 0 N–H and O–H groups in total. The van der Waals surface area contributed by atoms with Crippen LogP contribution in [0.2, 0.25) is 0 Å². The molecule has 0 bridgehead atoms. The van der Waals surface area contributed by atoms with Crippen LogP contribution in [-0.4, -0.2) is 131 Å². The number of nitrogens with zero attached hydrogens (tertiary/aromatic N) is 2. The van der Waals surface area contributed by atoms with E-state index >= 15 is 0 Å². The van der Waals surface area contributed by atoms with Gasteiger partial charge in [0.1, 0.15) is 12.4 Å².